The van der Waals surface area contributed by atoms with Crippen LogP contribution in [-0.4, -0.2) is 17.2 Å². The molecule has 88 valence electrons. The third-order valence-corrected chi connectivity index (χ3v) is 2.45. The van der Waals surface area contributed by atoms with Crippen LogP contribution < -0.4 is 10.8 Å². The van der Waals surface area contributed by atoms with Gasteiger partial charge in [0.05, 0.1) is 22.6 Å². The average molecular weight is 233 g/mol. The molecule has 0 saturated heterocycles. The Morgan fingerprint density at radius 1 is 1.24 bits per heavy atom. The van der Waals surface area contributed by atoms with E-state index in [0.717, 1.165) is 0 Å². The van der Waals surface area contributed by atoms with Gasteiger partial charge in [0.2, 0.25) is 0 Å². The van der Waals surface area contributed by atoms with Crippen molar-refractivity contribution in [3.63, 3.8) is 0 Å². The van der Waals surface area contributed by atoms with E-state index in [1.165, 1.54) is 12.1 Å². The molecule has 2 rings (SSSR count). The zero-order valence-corrected chi connectivity index (χ0v) is 9.24. The molecule has 3 N–H and O–H groups in total. The van der Waals surface area contributed by atoms with Crippen LogP contribution in [0.1, 0.15) is 0 Å². The number of pyridine rings is 1. The SMILES string of the molecule is CNc1c(NO)ccc(F)c1-c1ccccn1. The van der Waals surface area contributed by atoms with Gasteiger partial charge in [-0.15, -0.1) is 0 Å². The molecule has 1 aromatic carbocycles. The molecule has 0 fully saturated rings. The Morgan fingerprint density at radius 2 is 2.06 bits per heavy atom. The molecule has 0 amide bonds. The summed E-state index contributed by atoms with van der Waals surface area (Å²) in [6, 6.07) is 7.98. The number of anilines is 2. The standard InChI is InChI=1S/C12H12FN3O/c1-14-12-10(16-17)6-5-8(13)11(12)9-4-2-3-7-15-9/h2-7,14,16-17H,1H3. The summed E-state index contributed by atoms with van der Waals surface area (Å²) in [5, 5.41) is 11.8. The molecule has 0 aliphatic carbocycles. The molecule has 0 saturated carbocycles. The van der Waals surface area contributed by atoms with Gasteiger partial charge in [0.15, 0.2) is 0 Å². The molecule has 0 aliphatic rings. The lowest BCUT2D eigenvalue weighted by molar-refractivity contribution is 0.389. The van der Waals surface area contributed by atoms with Crippen LogP contribution in [0.15, 0.2) is 36.5 Å². The van der Waals surface area contributed by atoms with Gasteiger partial charge < -0.3 is 5.32 Å². The molecule has 0 radical (unpaired) electrons. The quantitative estimate of drug-likeness (QED) is 0.713. The summed E-state index contributed by atoms with van der Waals surface area (Å²) in [6.07, 6.45) is 1.59. The highest BCUT2D eigenvalue weighted by atomic mass is 19.1. The number of aromatic nitrogens is 1. The Kier molecular flexibility index (Phi) is 3.20. The molecule has 1 aromatic heterocycles. The van der Waals surface area contributed by atoms with E-state index in [1.807, 2.05) is 5.48 Å². The second-order valence-corrected chi connectivity index (χ2v) is 3.42. The van der Waals surface area contributed by atoms with Crippen LogP contribution in [0.25, 0.3) is 11.3 Å². The molecule has 0 unspecified atom stereocenters. The average Bonchev–Trinajstić information content (AvgIpc) is 2.39. The van der Waals surface area contributed by atoms with Gasteiger partial charge in [0, 0.05) is 13.2 Å². The van der Waals surface area contributed by atoms with E-state index in [-0.39, 0.29) is 0 Å². The fourth-order valence-corrected chi connectivity index (χ4v) is 1.69. The van der Waals surface area contributed by atoms with E-state index in [2.05, 4.69) is 10.3 Å². The van der Waals surface area contributed by atoms with Gasteiger partial charge in [0.25, 0.3) is 0 Å². The first-order valence-corrected chi connectivity index (χ1v) is 5.09. The van der Waals surface area contributed by atoms with Crippen LogP contribution in [0, 0.1) is 5.82 Å². The fourth-order valence-electron chi connectivity index (χ4n) is 1.69. The number of halogens is 1. The summed E-state index contributed by atoms with van der Waals surface area (Å²) in [6.45, 7) is 0. The van der Waals surface area contributed by atoms with Crippen molar-refractivity contribution in [1.29, 1.82) is 0 Å². The third-order valence-electron chi connectivity index (χ3n) is 2.45. The molecular weight excluding hydrogens is 221 g/mol. The Bertz CT molecular complexity index is 517. The molecular formula is C12H12FN3O. The fraction of sp³-hybridized carbons (Fsp3) is 0.0833. The summed E-state index contributed by atoms with van der Waals surface area (Å²) < 4.78 is 13.8. The van der Waals surface area contributed by atoms with E-state index in [4.69, 9.17) is 5.21 Å². The maximum Gasteiger partial charge on any atom is 0.134 e. The van der Waals surface area contributed by atoms with Crippen LogP contribution in [0.5, 0.6) is 0 Å². The van der Waals surface area contributed by atoms with E-state index >= 15 is 0 Å². The van der Waals surface area contributed by atoms with Gasteiger partial charge in [-0.3, -0.25) is 15.7 Å². The van der Waals surface area contributed by atoms with E-state index < -0.39 is 5.82 Å². The largest absolute Gasteiger partial charge is 0.386 e. The number of hydrogen-bond acceptors (Lipinski definition) is 4. The van der Waals surface area contributed by atoms with Crippen molar-refractivity contribution in [2.45, 2.75) is 0 Å². The summed E-state index contributed by atoms with van der Waals surface area (Å²) in [4.78, 5) is 4.10. The van der Waals surface area contributed by atoms with Crippen molar-refractivity contribution in [1.82, 2.24) is 4.98 Å². The van der Waals surface area contributed by atoms with Crippen molar-refractivity contribution >= 4 is 11.4 Å². The topological polar surface area (TPSA) is 57.2 Å². The monoisotopic (exact) mass is 233 g/mol. The minimum atomic E-state index is -0.396. The molecule has 1 heterocycles. The molecule has 17 heavy (non-hydrogen) atoms. The highest BCUT2D eigenvalue weighted by Gasteiger charge is 2.14. The van der Waals surface area contributed by atoms with Gasteiger partial charge >= 0.3 is 0 Å². The Balaban J connectivity index is 2.67. The third kappa shape index (κ3) is 2.05. The molecule has 5 heteroatoms. The van der Waals surface area contributed by atoms with Crippen LogP contribution >= 0.6 is 0 Å². The van der Waals surface area contributed by atoms with Crippen LogP contribution in [-0.2, 0) is 0 Å². The second kappa shape index (κ2) is 4.80. The highest BCUT2D eigenvalue weighted by Crippen LogP contribution is 2.34. The van der Waals surface area contributed by atoms with Gasteiger partial charge in [-0.1, -0.05) is 6.07 Å². The van der Waals surface area contributed by atoms with E-state index in [9.17, 15) is 4.39 Å². The van der Waals surface area contributed by atoms with Crippen LogP contribution in [0.3, 0.4) is 0 Å². The van der Waals surface area contributed by atoms with Crippen molar-refractivity contribution in [2.24, 2.45) is 0 Å². The first-order chi connectivity index (χ1) is 8.27. The Hall–Kier alpha value is -2.14. The van der Waals surface area contributed by atoms with E-state index in [0.29, 0.717) is 22.6 Å². The first-order valence-electron chi connectivity index (χ1n) is 5.09. The summed E-state index contributed by atoms with van der Waals surface area (Å²) in [5.74, 6) is -0.396. The lowest BCUT2D eigenvalue weighted by atomic mass is 10.1. The number of hydrogen-bond donors (Lipinski definition) is 3. The van der Waals surface area contributed by atoms with Gasteiger partial charge in [-0.2, -0.15) is 0 Å². The van der Waals surface area contributed by atoms with Crippen molar-refractivity contribution in [3.8, 4) is 11.3 Å². The summed E-state index contributed by atoms with van der Waals surface area (Å²) >= 11 is 0. The zero-order valence-electron chi connectivity index (χ0n) is 9.24. The van der Waals surface area contributed by atoms with Gasteiger partial charge in [-0.25, -0.2) is 4.39 Å². The van der Waals surface area contributed by atoms with Crippen molar-refractivity contribution in [3.05, 3.63) is 42.3 Å². The molecule has 0 aliphatic heterocycles. The predicted molar refractivity (Wildman–Crippen MR) is 64.6 cm³/mol. The molecule has 0 spiro atoms. The Morgan fingerprint density at radius 3 is 2.65 bits per heavy atom. The molecule has 2 aromatic rings. The van der Waals surface area contributed by atoms with Crippen LogP contribution in [0.2, 0.25) is 0 Å². The number of nitrogens with zero attached hydrogens (tertiary/aromatic N) is 1. The smallest absolute Gasteiger partial charge is 0.134 e. The Labute approximate surface area is 98.1 Å². The lowest BCUT2D eigenvalue weighted by Crippen LogP contribution is -2.02. The molecule has 0 atom stereocenters. The number of rotatable bonds is 3. The minimum Gasteiger partial charge on any atom is -0.386 e. The maximum atomic E-state index is 13.8. The highest BCUT2D eigenvalue weighted by molar-refractivity contribution is 5.85. The molecule has 4 nitrogen and oxygen atoms in total. The van der Waals surface area contributed by atoms with Gasteiger partial charge in [0.1, 0.15) is 5.82 Å². The van der Waals surface area contributed by atoms with E-state index in [1.54, 1.807) is 31.4 Å². The summed E-state index contributed by atoms with van der Waals surface area (Å²) in [7, 11) is 1.65. The lowest BCUT2D eigenvalue weighted by Gasteiger charge is -2.13. The normalized spacial score (nSPS) is 10.1. The molecule has 0 bridgehead atoms. The number of benzene rings is 1. The predicted octanol–water partition coefficient (Wildman–Crippen LogP) is 2.73. The van der Waals surface area contributed by atoms with Crippen molar-refractivity contribution < 1.29 is 9.60 Å². The first kappa shape index (κ1) is 11.3. The second-order valence-electron chi connectivity index (χ2n) is 3.42. The minimum absolute atomic E-state index is 0.326. The van der Waals surface area contributed by atoms with Gasteiger partial charge in [-0.05, 0) is 24.3 Å². The maximum absolute atomic E-state index is 13.8. The number of nitrogens with one attached hydrogen (secondary N) is 2. The summed E-state index contributed by atoms with van der Waals surface area (Å²) in [5.41, 5.74) is 3.72. The van der Waals surface area contributed by atoms with Crippen molar-refractivity contribution in [2.75, 3.05) is 17.8 Å². The van der Waals surface area contributed by atoms with Crippen LogP contribution in [0.4, 0.5) is 15.8 Å². The zero-order chi connectivity index (χ0) is 12.3.